The van der Waals surface area contributed by atoms with Gasteiger partial charge in [-0.3, -0.25) is 14.4 Å². The van der Waals surface area contributed by atoms with Gasteiger partial charge in [0.25, 0.3) is 0 Å². The molecule has 1 atom stereocenters. The van der Waals surface area contributed by atoms with Gasteiger partial charge in [-0.25, -0.2) is 0 Å². The largest absolute Gasteiger partial charge is 0.497 e. The van der Waals surface area contributed by atoms with Crippen LogP contribution in [0.25, 0.3) is 0 Å². The number of hydrogen-bond acceptors (Lipinski definition) is 6. The first-order valence-electron chi connectivity index (χ1n) is 10.6. The number of ketones is 1. The molecule has 2 N–H and O–H groups in total. The van der Waals surface area contributed by atoms with Gasteiger partial charge >= 0.3 is 0 Å². The molecule has 1 unspecified atom stereocenters. The second kappa shape index (κ2) is 9.46. The molecule has 1 aliphatic heterocycles. The zero-order valence-corrected chi connectivity index (χ0v) is 19.5. The summed E-state index contributed by atoms with van der Waals surface area (Å²) in [5.41, 5.74) is 2.60. The smallest absolute Gasteiger partial charge is 0.247 e. The van der Waals surface area contributed by atoms with Gasteiger partial charge in [0, 0.05) is 21.0 Å². The number of methoxy groups -OCH3 is 1. The van der Waals surface area contributed by atoms with Gasteiger partial charge in [0.15, 0.2) is 5.78 Å². The number of thiophene rings is 1. The first-order valence-corrected chi connectivity index (χ1v) is 11.4. The summed E-state index contributed by atoms with van der Waals surface area (Å²) in [5, 5.41) is 5.69. The number of amides is 2. The van der Waals surface area contributed by atoms with Crippen molar-refractivity contribution in [2.24, 2.45) is 0 Å². The number of carbonyl (C=O) groups is 3. The van der Waals surface area contributed by atoms with E-state index in [1.165, 1.54) is 0 Å². The van der Waals surface area contributed by atoms with Gasteiger partial charge in [-0.15, -0.1) is 11.3 Å². The van der Waals surface area contributed by atoms with Gasteiger partial charge in [0.1, 0.15) is 11.8 Å². The number of nitrogens with one attached hydrogen (secondary N) is 2. The van der Waals surface area contributed by atoms with Crippen LogP contribution in [0.15, 0.2) is 54.6 Å². The van der Waals surface area contributed by atoms with E-state index in [4.69, 9.17) is 4.74 Å². The van der Waals surface area contributed by atoms with Crippen molar-refractivity contribution < 1.29 is 19.1 Å². The molecule has 7 nitrogen and oxygen atoms in total. The number of hydrogen-bond donors (Lipinski definition) is 2. The Morgan fingerprint density at radius 2 is 1.85 bits per heavy atom. The van der Waals surface area contributed by atoms with Gasteiger partial charge in [0.2, 0.25) is 11.8 Å². The molecule has 0 spiro atoms. The van der Waals surface area contributed by atoms with E-state index < -0.39 is 6.04 Å². The normalized spacial score (nSPS) is 14.9. The van der Waals surface area contributed by atoms with Crippen LogP contribution in [0.4, 0.5) is 17.1 Å². The molecule has 2 aromatic carbocycles. The molecule has 8 heteroatoms. The average molecular weight is 464 g/mol. The topological polar surface area (TPSA) is 87.7 Å². The lowest BCUT2D eigenvalue weighted by Gasteiger charge is -2.37. The zero-order chi connectivity index (χ0) is 23.5. The van der Waals surface area contributed by atoms with Crippen molar-refractivity contribution in [3.05, 3.63) is 69.9 Å². The summed E-state index contributed by atoms with van der Waals surface area (Å²) in [5.74, 6) is -0.0360. The number of Topliss-reactive ketones (excluding diaryl/α,β-unsaturated/α-hetero) is 1. The standard InChI is InChI=1S/C25H25N3O4S/c1-15-12-19(16(2)33-15)23(29)14-28-21-7-5-4-6-20(21)27-25(31)22(28)13-24(30)26-17-8-10-18(32-3)11-9-17/h4-12,22H,13-14H2,1-3H3,(H,26,30)(H,27,31). The number of para-hydroxylation sites is 2. The number of anilines is 3. The maximum Gasteiger partial charge on any atom is 0.247 e. The molecule has 0 bridgehead atoms. The number of rotatable bonds is 7. The number of nitrogens with zero attached hydrogens (tertiary/aromatic N) is 1. The highest BCUT2D eigenvalue weighted by Crippen LogP contribution is 2.33. The fourth-order valence-electron chi connectivity index (χ4n) is 3.96. The number of carbonyl (C=O) groups excluding carboxylic acids is 3. The van der Waals surface area contributed by atoms with Crippen LogP contribution < -0.4 is 20.3 Å². The van der Waals surface area contributed by atoms with Crippen LogP contribution >= 0.6 is 11.3 Å². The maximum atomic E-state index is 13.2. The van der Waals surface area contributed by atoms with Gasteiger partial charge in [-0.2, -0.15) is 0 Å². The molecule has 0 saturated carbocycles. The Morgan fingerprint density at radius 3 is 2.52 bits per heavy atom. The van der Waals surface area contributed by atoms with Crippen LogP contribution in [0.2, 0.25) is 0 Å². The van der Waals surface area contributed by atoms with E-state index in [-0.39, 0.29) is 30.6 Å². The van der Waals surface area contributed by atoms with Gasteiger partial charge < -0.3 is 20.3 Å². The van der Waals surface area contributed by atoms with Crippen LogP contribution in [-0.2, 0) is 9.59 Å². The number of aryl methyl sites for hydroxylation is 2. The van der Waals surface area contributed by atoms with Crippen molar-refractivity contribution in [3.63, 3.8) is 0 Å². The minimum absolute atomic E-state index is 0.00191. The Hall–Kier alpha value is -3.65. The predicted molar refractivity (Wildman–Crippen MR) is 131 cm³/mol. The highest BCUT2D eigenvalue weighted by Gasteiger charge is 2.36. The summed E-state index contributed by atoms with van der Waals surface area (Å²) < 4.78 is 5.14. The van der Waals surface area contributed by atoms with E-state index in [2.05, 4.69) is 10.6 Å². The molecular formula is C25H25N3O4S. The maximum absolute atomic E-state index is 13.2. The molecule has 4 rings (SSSR count). The molecule has 0 aliphatic carbocycles. The minimum atomic E-state index is -0.817. The number of fused-ring (bicyclic) bond motifs is 1. The fourth-order valence-corrected chi connectivity index (χ4v) is 4.91. The van der Waals surface area contributed by atoms with Crippen molar-refractivity contribution in [2.45, 2.75) is 26.3 Å². The van der Waals surface area contributed by atoms with E-state index in [1.807, 2.05) is 38.1 Å². The Labute approximate surface area is 196 Å². The second-order valence-corrected chi connectivity index (χ2v) is 9.34. The summed E-state index contributed by atoms with van der Waals surface area (Å²) >= 11 is 1.57. The highest BCUT2D eigenvalue weighted by molar-refractivity contribution is 7.12. The third-order valence-corrected chi connectivity index (χ3v) is 6.52. The van der Waals surface area contributed by atoms with Crippen molar-refractivity contribution in [1.82, 2.24) is 0 Å². The van der Waals surface area contributed by atoms with E-state index in [9.17, 15) is 14.4 Å². The van der Waals surface area contributed by atoms with Crippen LogP contribution in [0.3, 0.4) is 0 Å². The minimum Gasteiger partial charge on any atom is -0.497 e. The van der Waals surface area contributed by atoms with E-state index in [0.717, 1.165) is 15.4 Å². The number of benzene rings is 2. The molecular weight excluding hydrogens is 438 g/mol. The fraction of sp³-hybridized carbons (Fsp3) is 0.240. The Kier molecular flexibility index (Phi) is 6.46. The summed E-state index contributed by atoms with van der Waals surface area (Å²) in [6.07, 6.45) is -0.0961. The van der Waals surface area contributed by atoms with Crippen molar-refractivity contribution >= 4 is 46.0 Å². The SMILES string of the molecule is COc1ccc(NC(=O)CC2C(=O)Nc3ccccc3N2CC(=O)c2cc(C)sc2C)cc1. The summed E-state index contributed by atoms with van der Waals surface area (Å²) in [4.78, 5) is 42.7. The lowest BCUT2D eigenvalue weighted by Crippen LogP contribution is -2.51. The Balaban J connectivity index is 1.57. The highest BCUT2D eigenvalue weighted by atomic mass is 32.1. The molecule has 3 aromatic rings. The quantitative estimate of drug-likeness (QED) is 0.507. The van der Waals surface area contributed by atoms with Crippen LogP contribution in [-0.4, -0.2) is 37.3 Å². The summed E-state index contributed by atoms with van der Waals surface area (Å²) in [7, 11) is 1.57. The van der Waals surface area contributed by atoms with Gasteiger partial charge in [0.05, 0.1) is 31.5 Å². The second-order valence-electron chi connectivity index (χ2n) is 7.88. The predicted octanol–water partition coefficient (Wildman–Crippen LogP) is 4.41. The molecule has 1 aliphatic rings. The summed E-state index contributed by atoms with van der Waals surface area (Å²) in [6, 6.07) is 15.3. The van der Waals surface area contributed by atoms with Crippen molar-refractivity contribution in [2.75, 3.05) is 29.2 Å². The average Bonchev–Trinajstić information content (AvgIpc) is 3.14. The first kappa shape index (κ1) is 22.5. The molecule has 170 valence electrons. The first-order chi connectivity index (χ1) is 15.9. The van der Waals surface area contributed by atoms with Crippen molar-refractivity contribution in [1.29, 1.82) is 0 Å². The van der Waals surface area contributed by atoms with Crippen LogP contribution in [0.1, 0.15) is 26.5 Å². The summed E-state index contributed by atoms with van der Waals surface area (Å²) in [6.45, 7) is 3.88. The Morgan fingerprint density at radius 1 is 1.12 bits per heavy atom. The van der Waals surface area contributed by atoms with E-state index in [1.54, 1.807) is 53.7 Å². The molecule has 0 fully saturated rings. The molecule has 33 heavy (non-hydrogen) atoms. The Bertz CT molecular complexity index is 1200. The molecule has 1 aromatic heterocycles. The molecule has 2 heterocycles. The molecule has 2 amide bonds. The van der Waals surface area contributed by atoms with Crippen LogP contribution in [0.5, 0.6) is 5.75 Å². The zero-order valence-electron chi connectivity index (χ0n) is 18.7. The van der Waals surface area contributed by atoms with E-state index in [0.29, 0.717) is 22.7 Å². The van der Waals surface area contributed by atoms with Crippen molar-refractivity contribution in [3.8, 4) is 5.75 Å². The van der Waals surface area contributed by atoms with Crippen LogP contribution in [0, 0.1) is 13.8 Å². The third-order valence-electron chi connectivity index (χ3n) is 5.56. The van der Waals surface area contributed by atoms with Gasteiger partial charge in [-0.05, 0) is 56.3 Å². The lowest BCUT2D eigenvalue weighted by atomic mass is 10.0. The third kappa shape index (κ3) is 4.90. The molecule has 0 saturated heterocycles. The van der Waals surface area contributed by atoms with E-state index >= 15 is 0 Å². The van der Waals surface area contributed by atoms with Gasteiger partial charge in [-0.1, -0.05) is 12.1 Å². The molecule has 0 radical (unpaired) electrons. The lowest BCUT2D eigenvalue weighted by molar-refractivity contribution is -0.122. The monoisotopic (exact) mass is 463 g/mol. The number of ether oxygens (including phenoxy) is 1.